The van der Waals surface area contributed by atoms with Crippen LogP contribution in [0.15, 0.2) is 29.2 Å². The molecule has 0 spiro atoms. The Morgan fingerprint density at radius 3 is 2.95 bits per heavy atom. The number of thioether (sulfide) groups is 1. The number of benzene rings is 1. The standard InChI is InChI=1S/C17H26N2S/c1-13-8-9-18-17(2,3)12-19(13)11-15-10-14-6-4-5-7-16(14)20-15/h4-7,13,15,18H,8-12H2,1-3H3. The van der Waals surface area contributed by atoms with Crippen molar-refractivity contribution < 1.29 is 0 Å². The topological polar surface area (TPSA) is 15.3 Å². The Labute approximate surface area is 127 Å². The molecule has 0 aromatic heterocycles. The highest BCUT2D eigenvalue weighted by Gasteiger charge is 2.31. The molecule has 0 saturated carbocycles. The summed E-state index contributed by atoms with van der Waals surface area (Å²) in [6, 6.07) is 9.59. The predicted molar refractivity (Wildman–Crippen MR) is 87.5 cm³/mol. The van der Waals surface area contributed by atoms with Crippen molar-refractivity contribution in [3.8, 4) is 0 Å². The lowest BCUT2D eigenvalue weighted by Crippen LogP contribution is -2.49. The molecule has 2 aliphatic heterocycles. The Balaban J connectivity index is 1.66. The second kappa shape index (κ2) is 5.70. The van der Waals surface area contributed by atoms with E-state index in [0.29, 0.717) is 6.04 Å². The largest absolute Gasteiger partial charge is 0.310 e. The van der Waals surface area contributed by atoms with Gasteiger partial charge in [0, 0.05) is 34.8 Å². The summed E-state index contributed by atoms with van der Waals surface area (Å²) in [6.07, 6.45) is 2.49. The van der Waals surface area contributed by atoms with E-state index in [1.807, 2.05) is 0 Å². The molecule has 0 bridgehead atoms. The molecule has 3 heteroatoms. The monoisotopic (exact) mass is 290 g/mol. The molecule has 0 radical (unpaired) electrons. The zero-order valence-electron chi connectivity index (χ0n) is 12.9. The third-order valence-electron chi connectivity index (χ3n) is 4.54. The van der Waals surface area contributed by atoms with Crippen molar-refractivity contribution in [3.05, 3.63) is 29.8 Å². The van der Waals surface area contributed by atoms with Crippen molar-refractivity contribution in [2.45, 2.75) is 55.3 Å². The van der Waals surface area contributed by atoms with Gasteiger partial charge in [-0.3, -0.25) is 4.90 Å². The van der Waals surface area contributed by atoms with Crippen molar-refractivity contribution in [2.24, 2.45) is 0 Å². The van der Waals surface area contributed by atoms with Crippen LogP contribution in [-0.4, -0.2) is 41.4 Å². The highest BCUT2D eigenvalue weighted by molar-refractivity contribution is 8.00. The van der Waals surface area contributed by atoms with E-state index in [2.05, 4.69) is 67.0 Å². The van der Waals surface area contributed by atoms with Crippen LogP contribution >= 0.6 is 11.8 Å². The summed E-state index contributed by atoms with van der Waals surface area (Å²) >= 11 is 2.08. The number of hydrogen-bond acceptors (Lipinski definition) is 3. The Kier molecular flexibility index (Phi) is 4.11. The molecule has 3 rings (SSSR count). The molecule has 1 aromatic carbocycles. The zero-order chi connectivity index (χ0) is 14.2. The maximum absolute atomic E-state index is 3.67. The van der Waals surface area contributed by atoms with Crippen LogP contribution in [0.25, 0.3) is 0 Å². The molecule has 2 atom stereocenters. The van der Waals surface area contributed by atoms with Crippen molar-refractivity contribution in [1.29, 1.82) is 0 Å². The third kappa shape index (κ3) is 3.21. The predicted octanol–water partition coefficient (Wildman–Crippen LogP) is 3.17. The molecule has 20 heavy (non-hydrogen) atoms. The molecular formula is C17H26N2S. The van der Waals surface area contributed by atoms with Gasteiger partial charge in [-0.1, -0.05) is 18.2 Å². The van der Waals surface area contributed by atoms with E-state index in [1.54, 1.807) is 5.56 Å². The number of nitrogens with one attached hydrogen (secondary N) is 1. The quantitative estimate of drug-likeness (QED) is 0.900. The van der Waals surface area contributed by atoms with Crippen LogP contribution < -0.4 is 5.32 Å². The minimum Gasteiger partial charge on any atom is -0.310 e. The van der Waals surface area contributed by atoms with Crippen LogP contribution in [0.5, 0.6) is 0 Å². The van der Waals surface area contributed by atoms with Crippen LogP contribution in [0.4, 0.5) is 0 Å². The SMILES string of the molecule is CC1CCNC(C)(C)CN1CC1Cc2ccccc2S1. The lowest BCUT2D eigenvalue weighted by Gasteiger charge is -2.34. The number of rotatable bonds is 2. The molecular weight excluding hydrogens is 264 g/mol. The van der Waals surface area contributed by atoms with Gasteiger partial charge in [-0.25, -0.2) is 0 Å². The minimum atomic E-state index is 0.237. The van der Waals surface area contributed by atoms with Crippen LogP contribution in [0, 0.1) is 0 Å². The maximum atomic E-state index is 3.67. The first kappa shape index (κ1) is 14.4. The molecule has 110 valence electrons. The summed E-state index contributed by atoms with van der Waals surface area (Å²) in [6.45, 7) is 10.6. The van der Waals surface area contributed by atoms with Crippen LogP contribution in [0.3, 0.4) is 0 Å². The molecule has 0 amide bonds. The zero-order valence-corrected chi connectivity index (χ0v) is 13.7. The third-order valence-corrected chi connectivity index (χ3v) is 5.84. The second-order valence-corrected chi connectivity index (χ2v) is 8.27. The van der Waals surface area contributed by atoms with Crippen molar-refractivity contribution in [3.63, 3.8) is 0 Å². The van der Waals surface area contributed by atoms with E-state index in [9.17, 15) is 0 Å². The van der Waals surface area contributed by atoms with Crippen molar-refractivity contribution in [2.75, 3.05) is 19.6 Å². The van der Waals surface area contributed by atoms with E-state index >= 15 is 0 Å². The fourth-order valence-electron chi connectivity index (χ4n) is 3.38. The molecule has 1 fully saturated rings. The second-order valence-electron chi connectivity index (χ2n) is 6.93. The van der Waals surface area contributed by atoms with Gasteiger partial charge in [0.05, 0.1) is 0 Å². The van der Waals surface area contributed by atoms with Gasteiger partial charge in [-0.2, -0.15) is 0 Å². The molecule has 2 unspecified atom stereocenters. The van der Waals surface area contributed by atoms with Gasteiger partial charge in [0.15, 0.2) is 0 Å². The summed E-state index contributed by atoms with van der Waals surface area (Å²) in [5, 5.41) is 4.40. The normalized spacial score (nSPS) is 29.9. The molecule has 2 nitrogen and oxygen atoms in total. The average Bonchev–Trinajstić information content (AvgIpc) is 2.73. The smallest absolute Gasteiger partial charge is 0.0263 e. The summed E-state index contributed by atoms with van der Waals surface area (Å²) in [5.41, 5.74) is 1.78. The molecule has 0 aliphatic carbocycles. The number of hydrogen-bond donors (Lipinski definition) is 1. The summed E-state index contributed by atoms with van der Waals surface area (Å²) in [4.78, 5) is 4.20. The first-order valence-corrected chi connectivity index (χ1v) is 8.65. The van der Waals surface area contributed by atoms with E-state index in [-0.39, 0.29) is 5.54 Å². The van der Waals surface area contributed by atoms with Gasteiger partial charge in [-0.15, -0.1) is 11.8 Å². The highest BCUT2D eigenvalue weighted by Crippen LogP contribution is 2.37. The van der Waals surface area contributed by atoms with E-state index in [1.165, 1.54) is 24.3 Å². The summed E-state index contributed by atoms with van der Waals surface area (Å²) < 4.78 is 0. The summed E-state index contributed by atoms with van der Waals surface area (Å²) in [7, 11) is 0. The molecule has 2 aliphatic rings. The minimum absolute atomic E-state index is 0.237. The molecule has 1 saturated heterocycles. The fraction of sp³-hybridized carbons (Fsp3) is 0.647. The van der Waals surface area contributed by atoms with Crippen LogP contribution in [-0.2, 0) is 6.42 Å². The van der Waals surface area contributed by atoms with Gasteiger partial charge < -0.3 is 5.32 Å². The molecule has 1 aromatic rings. The van der Waals surface area contributed by atoms with Gasteiger partial charge in [-0.05, 0) is 51.8 Å². The first-order valence-electron chi connectivity index (χ1n) is 7.77. The van der Waals surface area contributed by atoms with Gasteiger partial charge in [0.2, 0.25) is 0 Å². The molecule has 2 heterocycles. The Hall–Kier alpha value is -0.510. The number of nitrogens with zero attached hydrogens (tertiary/aromatic N) is 1. The Morgan fingerprint density at radius 1 is 1.35 bits per heavy atom. The van der Waals surface area contributed by atoms with E-state index in [0.717, 1.165) is 18.3 Å². The Bertz CT molecular complexity index is 447. The lowest BCUT2D eigenvalue weighted by molar-refractivity contribution is 0.182. The molecule has 1 N–H and O–H groups in total. The van der Waals surface area contributed by atoms with Crippen molar-refractivity contribution >= 4 is 11.8 Å². The van der Waals surface area contributed by atoms with Crippen LogP contribution in [0.1, 0.15) is 32.8 Å². The van der Waals surface area contributed by atoms with Gasteiger partial charge >= 0.3 is 0 Å². The first-order chi connectivity index (χ1) is 9.53. The van der Waals surface area contributed by atoms with Gasteiger partial charge in [0.25, 0.3) is 0 Å². The van der Waals surface area contributed by atoms with Crippen LogP contribution in [0.2, 0.25) is 0 Å². The number of fused-ring (bicyclic) bond motifs is 1. The van der Waals surface area contributed by atoms with E-state index < -0.39 is 0 Å². The lowest BCUT2D eigenvalue weighted by atomic mass is 10.0. The average molecular weight is 290 g/mol. The summed E-state index contributed by atoms with van der Waals surface area (Å²) in [5.74, 6) is 0. The highest BCUT2D eigenvalue weighted by atomic mass is 32.2. The van der Waals surface area contributed by atoms with E-state index in [4.69, 9.17) is 0 Å². The van der Waals surface area contributed by atoms with Crippen molar-refractivity contribution in [1.82, 2.24) is 10.2 Å². The maximum Gasteiger partial charge on any atom is 0.0263 e. The Morgan fingerprint density at radius 2 is 2.15 bits per heavy atom. The fourth-order valence-corrected chi connectivity index (χ4v) is 4.73. The van der Waals surface area contributed by atoms with Gasteiger partial charge in [0.1, 0.15) is 0 Å².